The van der Waals surface area contributed by atoms with Crippen LogP contribution in [0.25, 0.3) is 28.9 Å². The Morgan fingerprint density at radius 3 is 2.47 bits per heavy atom. The van der Waals surface area contributed by atoms with E-state index in [9.17, 15) is 4.79 Å². The molecule has 1 amide bonds. The Kier molecular flexibility index (Phi) is 6.18. The Labute approximate surface area is 190 Å². The first-order valence-electron chi connectivity index (χ1n) is 10.1. The number of hydrogen-bond acceptors (Lipinski definition) is 6. The lowest BCUT2D eigenvalue weighted by Gasteiger charge is -2.02. The van der Waals surface area contributed by atoms with Gasteiger partial charge >= 0.3 is 0 Å². The van der Waals surface area contributed by atoms with Crippen molar-refractivity contribution in [2.24, 2.45) is 0 Å². The maximum absolute atomic E-state index is 12.6. The molecule has 0 bridgehead atoms. The molecule has 2 heterocycles. The van der Waals surface area contributed by atoms with Gasteiger partial charge in [0.1, 0.15) is 10.8 Å². The van der Waals surface area contributed by atoms with Gasteiger partial charge in [0.2, 0.25) is 11.7 Å². The number of nitrogens with zero attached hydrogens (tertiary/aromatic N) is 2. The Morgan fingerprint density at radius 2 is 1.78 bits per heavy atom. The quantitative estimate of drug-likeness (QED) is 0.366. The molecule has 0 aliphatic heterocycles. The van der Waals surface area contributed by atoms with E-state index in [0.717, 1.165) is 38.4 Å². The molecule has 4 aromatic rings. The summed E-state index contributed by atoms with van der Waals surface area (Å²) >= 11 is 1.49. The van der Waals surface area contributed by atoms with E-state index in [1.807, 2.05) is 69.3 Å². The van der Waals surface area contributed by atoms with Crippen molar-refractivity contribution in [2.75, 3.05) is 12.4 Å². The van der Waals surface area contributed by atoms with Crippen LogP contribution in [0, 0.1) is 20.8 Å². The number of benzene rings is 2. The lowest BCUT2D eigenvalue weighted by Crippen LogP contribution is -2.07. The number of hydrogen-bond donors (Lipinski definition) is 1. The van der Waals surface area contributed by atoms with Gasteiger partial charge in [0.05, 0.1) is 12.7 Å². The van der Waals surface area contributed by atoms with Crippen LogP contribution in [0.2, 0.25) is 0 Å². The summed E-state index contributed by atoms with van der Waals surface area (Å²) in [6.45, 7) is 6.02. The van der Waals surface area contributed by atoms with Gasteiger partial charge in [-0.1, -0.05) is 47.1 Å². The van der Waals surface area contributed by atoms with Gasteiger partial charge < -0.3 is 14.6 Å². The predicted octanol–water partition coefficient (Wildman–Crippen LogP) is 6.05. The van der Waals surface area contributed by atoms with E-state index in [1.165, 1.54) is 17.4 Å². The zero-order valence-electron chi connectivity index (χ0n) is 18.3. The van der Waals surface area contributed by atoms with Gasteiger partial charge in [-0.3, -0.25) is 4.79 Å². The first kappa shape index (κ1) is 21.5. The lowest BCUT2D eigenvalue weighted by atomic mass is 10.1. The number of rotatable bonds is 6. The molecule has 0 aliphatic rings. The Hall–Kier alpha value is -3.71. The van der Waals surface area contributed by atoms with Gasteiger partial charge in [0, 0.05) is 16.5 Å². The third kappa shape index (κ3) is 4.63. The molecular formula is C25H23N3O3S. The fourth-order valence-corrected chi connectivity index (χ4v) is 4.21. The summed E-state index contributed by atoms with van der Waals surface area (Å²) in [5, 5.41) is 7.78. The van der Waals surface area contributed by atoms with Gasteiger partial charge in [-0.2, -0.15) is 4.98 Å². The molecule has 162 valence electrons. The summed E-state index contributed by atoms with van der Waals surface area (Å²) in [5.41, 5.74) is 4.70. The normalized spacial score (nSPS) is 11.1. The average molecular weight is 446 g/mol. The van der Waals surface area contributed by atoms with Crippen molar-refractivity contribution in [2.45, 2.75) is 20.8 Å². The topological polar surface area (TPSA) is 77.2 Å². The maximum atomic E-state index is 12.6. The highest BCUT2D eigenvalue weighted by atomic mass is 32.1. The molecule has 2 aromatic heterocycles. The molecule has 0 radical (unpaired) electrons. The number of ether oxygens (including phenoxy) is 1. The van der Waals surface area contributed by atoms with Gasteiger partial charge in [-0.25, -0.2) is 0 Å². The Bertz CT molecular complexity index is 1270. The average Bonchev–Trinajstić information content (AvgIpc) is 3.37. The molecular weight excluding hydrogens is 422 g/mol. The van der Waals surface area contributed by atoms with Crippen molar-refractivity contribution < 1.29 is 14.1 Å². The van der Waals surface area contributed by atoms with E-state index in [2.05, 4.69) is 15.5 Å². The largest absolute Gasteiger partial charge is 0.497 e. The summed E-state index contributed by atoms with van der Waals surface area (Å²) in [6.07, 6.45) is 3.26. The van der Waals surface area contributed by atoms with Crippen molar-refractivity contribution in [3.63, 3.8) is 0 Å². The number of carbonyl (C=O) groups excluding carboxylic acids is 1. The van der Waals surface area contributed by atoms with Crippen molar-refractivity contribution in [3.8, 4) is 28.6 Å². The number of carbonyl (C=O) groups is 1. The van der Waals surface area contributed by atoms with Crippen LogP contribution in [-0.2, 0) is 4.79 Å². The van der Waals surface area contributed by atoms with E-state index < -0.39 is 0 Å². The molecule has 4 rings (SSSR count). The summed E-state index contributed by atoms with van der Waals surface area (Å²) in [6, 6.07) is 15.4. The van der Waals surface area contributed by atoms with Gasteiger partial charge in [0.15, 0.2) is 0 Å². The fourth-order valence-electron chi connectivity index (χ4n) is 3.16. The van der Waals surface area contributed by atoms with Crippen LogP contribution in [0.15, 0.2) is 59.1 Å². The van der Waals surface area contributed by atoms with Crippen LogP contribution in [0.4, 0.5) is 5.00 Å². The molecule has 6 nitrogen and oxygen atoms in total. The Balaban J connectivity index is 1.56. The molecule has 0 spiro atoms. The minimum Gasteiger partial charge on any atom is -0.497 e. The number of anilines is 1. The molecule has 32 heavy (non-hydrogen) atoms. The number of aryl methyl sites for hydroxylation is 2. The molecule has 1 N–H and O–H groups in total. The predicted molar refractivity (Wildman–Crippen MR) is 128 cm³/mol. The second-order valence-corrected chi connectivity index (χ2v) is 8.60. The van der Waals surface area contributed by atoms with E-state index in [-0.39, 0.29) is 5.91 Å². The molecule has 0 saturated carbocycles. The molecule has 0 unspecified atom stereocenters. The first-order chi connectivity index (χ1) is 15.4. The van der Waals surface area contributed by atoms with Crippen molar-refractivity contribution in [1.82, 2.24) is 10.1 Å². The number of amides is 1. The number of methoxy groups -OCH3 is 1. The second kappa shape index (κ2) is 9.20. The number of thiophene rings is 1. The lowest BCUT2D eigenvalue weighted by molar-refractivity contribution is -0.111. The van der Waals surface area contributed by atoms with Crippen molar-refractivity contribution >= 4 is 28.3 Å². The highest BCUT2D eigenvalue weighted by molar-refractivity contribution is 7.17. The first-order valence-corrected chi connectivity index (χ1v) is 10.9. The standard InChI is InChI=1S/C25H23N3O3S/c1-15-5-10-19(11-6-15)23-27-24(31-28-23)22-16(2)17(3)32-25(22)26-21(29)14-9-18-7-12-20(30-4)13-8-18/h5-14H,1-4H3,(H,26,29)/b14-9+. The fraction of sp³-hybridized carbons (Fsp3) is 0.160. The van der Waals surface area contributed by atoms with Crippen LogP contribution in [0.5, 0.6) is 5.75 Å². The summed E-state index contributed by atoms with van der Waals surface area (Å²) < 4.78 is 10.7. The zero-order chi connectivity index (χ0) is 22.7. The SMILES string of the molecule is COc1ccc(/C=C/C(=O)Nc2sc(C)c(C)c2-c2nc(-c3ccc(C)cc3)no2)cc1. The van der Waals surface area contributed by atoms with Crippen LogP contribution >= 0.6 is 11.3 Å². The maximum Gasteiger partial charge on any atom is 0.261 e. The van der Waals surface area contributed by atoms with Crippen molar-refractivity contribution in [3.05, 3.63) is 76.2 Å². The van der Waals surface area contributed by atoms with E-state index in [0.29, 0.717) is 16.7 Å². The smallest absolute Gasteiger partial charge is 0.261 e. The van der Waals surface area contributed by atoms with E-state index in [1.54, 1.807) is 13.2 Å². The number of aromatic nitrogens is 2. The van der Waals surface area contributed by atoms with Crippen molar-refractivity contribution in [1.29, 1.82) is 0 Å². The van der Waals surface area contributed by atoms with Crippen LogP contribution in [-0.4, -0.2) is 23.2 Å². The minimum absolute atomic E-state index is 0.235. The third-order valence-corrected chi connectivity index (χ3v) is 6.24. The second-order valence-electron chi connectivity index (χ2n) is 7.37. The Morgan fingerprint density at radius 1 is 1.06 bits per heavy atom. The zero-order valence-corrected chi connectivity index (χ0v) is 19.1. The highest BCUT2D eigenvalue weighted by Crippen LogP contribution is 2.40. The van der Waals surface area contributed by atoms with E-state index in [4.69, 9.17) is 9.26 Å². The molecule has 0 fully saturated rings. The summed E-state index contributed by atoms with van der Waals surface area (Å²) in [5.74, 6) is 1.43. The minimum atomic E-state index is -0.235. The van der Waals surface area contributed by atoms with Crippen LogP contribution < -0.4 is 10.1 Å². The number of nitrogens with one attached hydrogen (secondary N) is 1. The van der Waals surface area contributed by atoms with Gasteiger partial charge in [0.25, 0.3) is 5.89 Å². The molecule has 7 heteroatoms. The summed E-state index contributed by atoms with van der Waals surface area (Å²) in [7, 11) is 1.62. The van der Waals surface area contributed by atoms with Gasteiger partial charge in [-0.05, 0) is 50.1 Å². The van der Waals surface area contributed by atoms with Gasteiger partial charge in [-0.15, -0.1) is 11.3 Å². The molecule has 0 saturated heterocycles. The molecule has 0 aliphatic carbocycles. The molecule has 0 atom stereocenters. The van der Waals surface area contributed by atoms with Crippen LogP contribution in [0.3, 0.4) is 0 Å². The van der Waals surface area contributed by atoms with E-state index >= 15 is 0 Å². The molecule has 2 aromatic carbocycles. The summed E-state index contributed by atoms with van der Waals surface area (Å²) in [4.78, 5) is 18.2. The highest BCUT2D eigenvalue weighted by Gasteiger charge is 2.21. The van der Waals surface area contributed by atoms with Crippen LogP contribution in [0.1, 0.15) is 21.6 Å². The third-order valence-electron chi connectivity index (χ3n) is 5.11. The monoisotopic (exact) mass is 445 g/mol.